The van der Waals surface area contributed by atoms with Crippen molar-refractivity contribution in [1.82, 2.24) is 15.5 Å². The summed E-state index contributed by atoms with van der Waals surface area (Å²) >= 11 is 0. The number of ether oxygens (including phenoxy) is 1. The number of amides is 1. The molecule has 2 N–H and O–H groups in total. The van der Waals surface area contributed by atoms with Gasteiger partial charge in [0.1, 0.15) is 0 Å². The van der Waals surface area contributed by atoms with Crippen molar-refractivity contribution >= 4 is 5.91 Å². The van der Waals surface area contributed by atoms with Gasteiger partial charge in [0, 0.05) is 19.1 Å². The van der Waals surface area contributed by atoms with Crippen LogP contribution in [0.3, 0.4) is 0 Å². The Kier molecular flexibility index (Phi) is 4.12. The highest BCUT2D eigenvalue weighted by Gasteiger charge is 2.37. The Morgan fingerprint density at radius 3 is 2.84 bits per heavy atom. The van der Waals surface area contributed by atoms with Crippen LogP contribution >= 0.6 is 0 Å². The maximum absolute atomic E-state index is 12.9. The summed E-state index contributed by atoms with van der Waals surface area (Å²) in [4.78, 5) is 12.9. The molecule has 2 aromatic rings. The fourth-order valence-electron chi connectivity index (χ4n) is 4.29. The Morgan fingerprint density at radius 2 is 2.04 bits per heavy atom. The molecule has 0 bridgehead atoms. The topological polar surface area (TPSA) is 67.0 Å². The summed E-state index contributed by atoms with van der Waals surface area (Å²) in [5.74, 6) is 0.289. The van der Waals surface area contributed by atoms with Gasteiger partial charge in [0.25, 0.3) is 5.91 Å². The minimum Gasteiger partial charge on any atom is -0.381 e. The quantitative estimate of drug-likeness (QED) is 0.900. The fraction of sp³-hybridized carbons (Fsp3) is 0.500. The summed E-state index contributed by atoms with van der Waals surface area (Å²) in [5.41, 5.74) is 4.27. The van der Waals surface area contributed by atoms with E-state index in [1.54, 1.807) is 6.20 Å². The molecule has 2 aliphatic rings. The second-order valence-corrected chi connectivity index (χ2v) is 7.79. The van der Waals surface area contributed by atoms with Crippen LogP contribution in [0.1, 0.15) is 72.2 Å². The molecule has 5 nitrogen and oxygen atoms in total. The van der Waals surface area contributed by atoms with Crippen LogP contribution in [0.25, 0.3) is 0 Å². The molecular weight excluding hydrogens is 314 g/mol. The lowest BCUT2D eigenvalue weighted by Crippen LogP contribution is -2.29. The maximum atomic E-state index is 12.9. The first-order valence-corrected chi connectivity index (χ1v) is 9.07. The van der Waals surface area contributed by atoms with Crippen molar-refractivity contribution < 1.29 is 9.53 Å². The van der Waals surface area contributed by atoms with Gasteiger partial charge in [0.05, 0.1) is 23.5 Å². The van der Waals surface area contributed by atoms with Crippen molar-refractivity contribution in [2.75, 3.05) is 13.2 Å². The molecule has 5 heteroatoms. The van der Waals surface area contributed by atoms with Crippen LogP contribution in [-0.4, -0.2) is 29.3 Å². The van der Waals surface area contributed by atoms with E-state index < -0.39 is 0 Å². The average Bonchev–Trinajstić information content (AvgIpc) is 3.20. The summed E-state index contributed by atoms with van der Waals surface area (Å²) in [7, 11) is 0. The molecular formula is C20H25N3O2. The Bertz CT molecular complexity index is 775. The molecule has 1 aromatic carbocycles. The van der Waals surface area contributed by atoms with E-state index in [4.69, 9.17) is 4.74 Å². The van der Waals surface area contributed by atoms with Gasteiger partial charge in [-0.15, -0.1) is 0 Å². The van der Waals surface area contributed by atoms with Gasteiger partial charge in [-0.1, -0.05) is 38.1 Å². The van der Waals surface area contributed by atoms with E-state index >= 15 is 0 Å². The highest BCUT2D eigenvalue weighted by Crippen LogP contribution is 2.44. The summed E-state index contributed by atoms with van der Waals surface area (Å²) < 4.78 is 5.43. The van der Waals surface area contributed by atoms with Crippen LogP contribution in [0.15, 0.2) is 30.5 Å². The van der Waals surface area contributed by atoms with Gasteiger partial charge in [-0.25, -0.2) is 0 Å². The zero-order valence-corrected chi connectivity index (χ0v) is 14.8. The molecule has 1 fully saturated rings. The molecule has 1 aliphatic carbocycles. The Morgan fingerprint density at radius 1 is 1.28 bits per heavy atom. The average molecular weight is 339 g/mol. The van der Waals surface area contributed by atoms with Crippen molar-refractivity contribution in [1.29, 1.82) is 0 Å². The first-order valence-electron chi connectivity index (χ1n) is 9.07. The SMILES string of the molecule is CC1(C)CC(NC(=O)c2cn[nH]c2C2CCOCC2)c2ccccc21. The number of hydrogen-bond donors (Lipinski definition) is 2. The number of rotatable bonds is 3. The van der Waals surface area contributed by atoms with E-state index in [-0.39, 0.29) is 17.4 Å². The molecule has 1 aliphatic heterocycles. The van der Waals surface area contributed by atoms with Crippen LogP contribution in [0.4, 0.5) is 0 Å². The van der Waals surface area contributed by atoms with E-state index in [0.29, 0.717) is 11.5 Å². The van der Waals surface area contributed by atoms with Crippen LogP contribution in [0.2, 0.25) is 0 Å². The van der Waals surface area contributed by atoms with Crippen LogP contribution in [0, 0.1) is 0 Å². The van der Waals surface area contributed by atoms with Crippen LogP contribution in [0.5, 0.6) is 0 Å². The molecule has 1 unspecified atom stereocenters. The van der Waals surface area contributed by atoms with Crippen molar-refractivity contribution in [3.63, 3.8) is 0 Å². The summed E-state index contributed by atoms with van der Waals surface area (Å²) in [6.45, 7) is 5.97. The summed E-state index contributed by atoms with van der Waals surface area (Å²) in [6.07, 6.45) is 4.44. The first-order chi connectivity index (χ1) is 12.1. The number of carbonyl (C=O) groups excluding carboxylic acids is 1. The van der Waals surface area contributed by atoms with Crippen molar-refractivity contribution in [3.05, 3.63) is 52.8 Å². The molecule has 1 saturated heterocycles. The standard InChI is InChI=1S/C20H25N3O2/c1-20(2)11-17(14-5-3-4-6-16(14)20)22-19(24)15-12-21-23-18(15)13-7-9-25-10-8-13/h3-6,12-13,17H,7-11H2,1-2H3,(H,21,23)(H,22,24). The number of H-pyrrole nitrogens is 1. The number of fused-ring (bicyclic) bond motifs is 1. The number of hydrogen-bond acceptors (Lipinski definition) is 3. The molecule has 0 spiro atoms. The number of carbonyl (C=O) groups is 1. The number of aromatic nitrogens is 2. The van der Waals surface area contributed by atoms with Gasteiger partial charge in [0.15, 0.2) is 0 Å². The lowest BCUT2D eigenvalue weighted by Gasteiger charge is -2.22. The zero-order chi connectivity index (χ0) is 17.4. The number of aromatic amines is 1. The Hall–Kier alpha value is -2.14. The molecule has 0 saturated carbocycles. The molecule has 4 rings (SSSR count). The van der Waals surface area contributed by atoms with Crippen molar-refractivity contribution in [3.8, 4) is 0 Å². The molecule has 2 heterocycles. The minimum atomic E-state index is -0.0345. The Balaban J connectivity index is 1.55. The largest absolute Gasteiger partial charge is 0.381 e. The minimum absolute atomic E-state index is 0.0345. The normalized spacial score (nSPS) is 22.6. The Labute approximate surface area is 148 Å². The smallest absolute Gasteiger partial charge is 0.255 e. The summed E-state index contributed by atoms with van der Waals surface area (Å²) in [6, 6.07) is 8.47. The van der Waals surface area contributed by atoms with Gasteiger partial charge in [0.2, 0.25) is 0 Å². The predicted octanol–water partition coefficient (Wildman–Crippen LogP) is 3.46. The molecule has 1 amide bonds. The van der Waals surface area contributed by atoms with E-state index in [2.05, 4.69) is 47.6 Å². The van der Waals surface area contributed by atoms with E-state index in [1.165, 1.54) is 11.1 Å². The second kappa shape index (κ2) is 6.30. The lowest BCUT2D eigenvalue weighted by atomic mass is 9.86. The maximum Gasteiger partial charge on any atom is 0.255 e. The first kappa shape index (κ1) is 16.3. The lowest BCUT2D eigenvalue weighted by molar-refractivity contribution is 0.0831. The predicted molar refractivity (Wildman–Crippen MR) is 95.7 cm³/mol. The number of nitrogens with zero attached hydrogens (tertiary/aromatic N) is 1. The van der Waals surface area contributed by atoms with Crippen LogP contribution < -0.4 is 5.32 Å². The van der Waals surface area contributed by atoms with E-state index in [0.717, 1.165) is 38.2 Å². The highest BCUT2D eigenvalue weighted by molar-refractivity contribution is 5.95. The van der Waals surface area contributed by atoms with Gasteiger partial charge in [-0.2, -0.15) is 5.10 Å². The molecule has 132 valence electrons. The van der Waals surface area contributed by atoms with Gasteiger partial charge in [-0.3, -0.25) is 9.89 Å². The highest BCUT2D eigenvalue weighted by atomic mass is 16.5. The third-order valence-electron chi connectivity index (χ3n) is 5.63. The van der Waals surface area contributed by atoms with Gasteiger partial charge < -0.3 is 10.1 Å². The third-order valence-corrected chi connectivity index (χ3v) is 5.63. The molecule has 25 heavy (non-hydrogen) atoms. The number of benzene rings is 1. The summed E-state index contributed by atoms with van der Waals surface area (Å²) in [5, 5.41) is 10.4. The van der Waals surface area contributed by atoms with E-state index in [1.807, 2.05) is 6.07 Å². The van der Waals surface area contributed by atoms with Gasteiger partial charge >= 0.3 is 0 Å². The van der Waals surface area contributed by atoms with Crippen molar-refractivity contribution in [2.24, 2.45) is 0 Å². The van der Waals surface area contributed by atoms with Gasteiger partial charge in [-0.05, 0) is 35.8 Å². The zero-order valence-electron chi connectivity index (χ0n) is 14.8. The third kappa shape index (κ3) is 2.97. The molecule has 0 radical (unpaired) electrons. The number of nitrogens with one attached hydrogen (secondary N) is 2. The molecule has 1 atom stereocenters. The van der Waals surface area contributed by atoms with Crippen molar-refractivity contribution in [2.45, 2.75) is 50.5 Å². The van der Waals surface area contributed by atoms with E-state index in [9.17, 15) is 4.79 Å². The van der Waals surface area contributed by atoms with Crippen LogP contribution in [-0.2, 0) is 10.2 Å². The second-order valence-electron chi connectivity index (χ2n) is 7.79. The molecule has 1 aromatic heterocycles. The fourth-order valence-corrected chi connectivity index (χ4v) is 4.29. The monoisotopic (exact) mass is 339 g/mol.